The number of likely N-dealkylation sites (tertiary alicyclic amines) is 1. The van der Waals surface area contributed by atoms with Crippen molar-refractivity contribution in [3.05, 3.63) is 71.4 Å². The molecule has 1 aliphatic heterocycles. The average Bonchev–Trinajstić information content (AvgIpc) is 3.09. The maximum Gasteiger partial charge on any atom is 0.237 e. The summed E-state index contributed by atoms with van der Waals surface area (Å²) in [7, 11) is 0. The molecule has 2 N–H and O–H groups in total. The summed E-state index contributed by atoms with van der Waals surface area (Å²) in [4.78, 5) is 30.8. The average molecular weight is 432 g/mol. The van der Waals surface area contributed by atoms with Crippen LogP contribution in [0.5, 0.6) is 5.75 Å². The van der Waals surface area contributed by atoms with Gasteiger partial charge in [-0.25, -0.2) is 0 Å². The lowest BCUT2D eigenvalue weighted by atomic mass is 9.70. The Kier molecular flexibility index (Phi) is 5.87. The molecule has 6 nitrogen and oxygen atoms in total. The number of pyridine rings is 1. The van der Waals surface area contributed by atoms with Gasteiger partial charge in [0.2, 0.25) is 11.8 Å². The summed E-state index contributed by atoms with van der Waals surface area (Å²) >= 11 is 0. The van der Waals surface area contributed by atoms with Crippen LogP contribution >= 0.6 is 0 Å². The van der Waals surface area contributed by atoms with Crippen molar-refractivity contribution in [3.63, 3.8) is 0 Å². The first-order chi connectivity index (χ1) is 15.3. The highest BCUT2D eigenvalue weighted by molar-refractivity contribution is 5.93. The van der Waals surface area contributed by atoms with Crippen LogP contribution in [0, 0.1) is 12.8 Å². The van der Waals surface area contributed by atoms with Crippen LogP contribution in [-0.4, -0.2) is 34.8 Å². The van der Waals surface area contributed by atoms with Gasteiger partial charge in [-0.05, 0) is 49.1 Å². The third-order valence-corrected chi connectivity index (χ3v) is 6.47. The fourth-order valence-corrected chi connectivity index (χ4v) is 4.80. The molecule has 2 amide bonds. The maximum atomic E-state index is 13.2. The van der Waals surface area contributed by atoms with Crippen LogP contribution in [0.3, 0.4) is 0 Å². The molecule has 0 spiro atoms. The van der Waals surface area contributed by atoms with E-state index >= 15 is 0 Å². The van der Waals surface area contributed by atoms with Crippen LogP contribution in [0.25, 0.3) is 10.9 Å². The van der Waals surface area contributed by atoms with Gasteiger partial charge in [0.25, 0.3) is 0 Å². The van der Waals surface area contributed by atoms with E-state index in [9.17, 15) is 9.59 Å². The molecule has 1 unspecified atom stereocenters. The number of aromatic nitrogens is 1. The molecule has 2 aromatic carbocycles. The maximum absolute atomic E-state index is 13.2. The van der Waals surface area contributed by atoms with E-state index in [1.54, 1.807) is 4.90 Å². The van der Waals surface area contributed by atoms with Gasteiger partial charge in [0.15, 0.2) is 0 Å². The Bertz CT molecular complexity index is 1160. The normalized spacial score (nSPS) is 18.5. The van der Waals surface area contributed by atoms with Crippen LogP contribution in [0.15, 0.2) is 54.6 Å². The number of nitrogens with two attached hydrogens (primary N) is 1. The molecule has 0 bridgehead atoms. The SMILES string of the molecule is Cc1cc(COc2ccc(C3(C(C)C)CCN(CC(N)=O)C3=O)cc2)c2ccccc2n1. The highest BCUT2D eigenvalue weighted by atomic mass is 16.5. The Morgan fingerprint density at radius 2 is 1.91 bits per heavy atom. The lowest BCUT2D eigenvalue weighted by Crippen LogP contribution is -2.44. The van der Waals surface area contributed by atoms with Crippen LogP contribution in [0.2, 0.25) is 0 Å². The van der Waals surface area contributed by atoms with Crippen LogP contribution < -0.4 is 10.5 Å². The molecule has 1 aliphatic rings. The number of fused-ring (bicyclic) bond motifs is 1. The van der Waals surface area contributed by atoms with Gasteiger partial charge in [0.05, 0.1) is 17.5 Å². The summed E-state index contributed by atoms with van der Waals surface area (Å²) in [5.74, 6) is 0.315. The number of nitrogens with zero attached hydrogens (tertiary/aromatic N) is 2. The molecule has 32 heavy (non-hydrogen) atoms. The summed E-state index contributed by atoms with van der Waals surface area (Å²) in [6.07, 6.45) is 0.666. The number of carbonyl (C=O) groups is 2. The number of hydrogen-bond acceptors (Lipinski definition) is 4. The number of carbonyl (C=O) groups excluding carboxylic acids is 2. The van der Waals surface area contributed by atoms with Gasteiger partial charge in [-0.15, -0.1) is 0 Å². The summed E-state index contributed by atoms with van der Waals surface area (Å²) in [6.45, 7) is 7.01. The van der Waals surface area contributed by atoms with Gasteiger partial charge < -0.3 is 15.4 Å². The van der Waals surface area contributed by atoms with E-state index in [1.165, 1.54) is 0 Å². The number of ether oxygens (including phenoxy) is 1. The molecule has 2 heterocycles. The zero-order chi connectivity index (χ0) is 22.9. The third kappa shape index (κ3) is 3.93. The van der Waals surface area contributed by atoms with Gasteiger partial charge in [0.1, 0.15) is 12.4 Å². The van der Waals surface area contributed by atoms with Gasteiger partial charge in [0, 0.05) is 23.2 Å². The van der Waals surface area contributed by atoms with Gasteiger partial charge in [-0.2, -0.15) is 0 Å². The highest BCUT2D eigenvalue weighted by Crippen LogP contribution is 2.42. The summed E-state index contributed by atoms with van der Waals surface area (Å²) in [5.41, 5.74) is 8.63. The van der Waals surface area contributed by atoms with Gasteiger partial charge >= 0.3 is 0 Å². The number of amides is 2. The summed E-state index contributed by atoms with van der Waals surface area (Å²) < 4.78 is 6.08. The van der Waals surface area contributed by atoms with Gasteiger partial charge in [-0.1, -0.05) is 44.2 Å². The largest absolute Gasteiger partial charge is 0.489 e. The first-order valence-electron chi connectivity index (χ1n) is 11.0. The minimum Gasteiger partial charge on any atom is -0.489 e. The van der Waals surface area contributed by atoms with E-state index < -0.39 is 11.3 Å². The number of primary amides is 1. The lowest BCUT2D eigenvalue weighted by molar-refractivity contribution is -0.136. The van der Waals surface area contributed by atoms with Gasteiger partial charge in [-0.3, -0.25) is 14.6 Å². The molecule has 0 radical (unpaired) electrons. The van der Waals surface area contributed by atoms with Crippen molar-refractivity contribution in [2.24, 2.45) is 11.7 Å². The molecule has 0 aliphatic carbocycles. The number of rotatable bonds is 7. The highest BCUT2D eigenvalue weighted by Gasteiger charge is 2.50. The van der Waals surface area contributed by atoms with Crippen LogP contribution in [0.4, 0.5) is 0 Å². The minimum atomic E-state index is -0.646. The summed E-state index contributed by atoms with van der Waals surface area (Å²) in [6, 6.07) is 17.9. The van der Waals surface area contributed by atoms with Crippen molar-refractivity contribution in [3.8, 4) is 5.75 Å². The van der Waals surface area contributed by atoms with Crippen molar-refractivity contribution in [2.45, 2.75) is 39.2 Å². The fourth-order valence-electron chi connectivity index (χ4n) is 4.80. The van der Waals surface area contributed by atoms with E-state index in [2.05, 4.69) is 17.1 Å². The van der Waals surface area contributed by atoms with E-state index in [0.717, 1.165) is 33.5 Å². The Balaban J connectivity index is 1.54. The Labute approximate surface area is 188 Å². The van der Waals surface area contributed by atoms with Crippen molar-refractivity contribution in [1.82, 2.24) is 9.88 Å². The van der Waals surface area contributed by atoms with E-state index in [4.69, 9.17) is 10.5 Å². The first-order valence-corrected chi connectivity index (χ1v) is 11.0. The molecule has 1 fully saturated rings. The zero-order valence-corrected chi connectivity index (χ0v) is 18.8. The second-order valence-electron chi connectivity index (χ2n) is 8.82. The van der Waals surface area contributed by atoms with Crippen LogP contribution in [0.1, 0.15) is 37.1 Å². The Morgan fingerprint density at radius 3 is 2.59 bits per heavy atom. The standard InChI is InChI=1S/C26H29N3O3/c1-17(2)26(12-13-29(25(26)31)15-24(27)30)20-8-10-21(11-9-20)32-16-19-14-18(3)28-23-7-5-4-6-22(19)23/h4-11,14,17H,12-13,15-16H2,1-3H3,(H2,27,30). The third-order valence-electron chi connectivity index (χ3n) is 6.47. The predicted octanol–water partition coefficient (Wildman–Crippen LogP) is 3.73. The number of para-hydroxylation sites is 1. The first kappa shape index (κ1) is 21.8. The molecule has 0 saturated carbocycles. The van der Waals surface area contributed by atoms with Crippen molar-refractivity contribution in [1.29, 1.82) is 0 Å². The lowest BCUT2D eigenvalue weighted by Gasteiger charge is -2.32. The van der Waals surface area contributed by atoms with E-state index in [0.29, 0.717) is 19.6 Å². The fraction of sp³-hybridized carbons (Fsp3) is 0.346. The molecular weight excluding hydrogens is 402 g/mol. The van der Waals surface area contributed by atoms with Crippen molar-refractivity contribution in [2.75, 3.05) is 13.1 Å². The van der Waals surface area contributed by atoms with E-state index in [1.807, 2.05) is 63.2 Å². The minimum absolute atomic E-state index is 0.0290. The molecule has 4 rings (SSSR count). The monoisotopic (exact) mass is 431 g/mol. The van der Waals surface area contributed by atoms with Crippen LogP contribution in [-0.2, 0) is 21.6 Å². The van der Waals surface area contributed by atoms with Crippen molar-refractivity contribution < 1.29 is 14.3 Å². The number of aryl methyl sites for hydroxylation is 1. The topological polar surface area (TPSA) is 85.5 Å². The van der Waals surface area contributed by atoms with Crippen molar-refractivity contribution >= 4 is 22.7 Å². The second-order valence-corrected chi connectivity index (χ2v) is 8.82. The molecular formula is C26H29N3O3. The molecule has 1 aromatic heterocycles. The van der Waals surface area contributed by atoms with E-state index in [-0.39, 0.29) is 18.4 Å². The molecule has 3 aromatic rings. The molecule has 166 valence electrons. The second kappa shape index (κ2) is 8.61. The zero-order valence-electron chi connectivity index (χ0n) is 18.8. The quantitative estimate of drug-likeness (QED) is 0.618. The number of benzene rings is 2. The Morgan fingerprint density at radius 1 is 1.19 bits per heavy atom. The Hall–Kier alpha value is -3.41. The molecule has 6 heteroatoms. The summed E-state index contributed by atoms with van der Waals surface area (Å²) in [5, 5.41) is 1.08. The molecule has 1 saturated heterocycles. The predicted molar refractivity (Wildman–Crippen MR) is 124 cm³/mol. The number of hydrogen-bond donors (Lipinski definition) is 1. The molecule has 1 atom stereocenters. The smallest absolute Gasteiger partial charge is 0.237 e.